The molecule has 394 valence electrons. The first-order chi connectivity index (χ1) is 40.1. The van der Waals surface area contributed by atoms with Crippen molar-refractivity contribution < 1.29 is 0 Å². The Morgan fingerprint density at radius 2 is 0.753 bits per heavy atom. The number of hydrogen-bond donors (Lipinski definition) is 0. The summed E-state index contributed by atoms with van der Waals surface area (Å²) in [7, 11) is 0. The molecule has 0 amide bonds. The number of pyridine rings is 2. The van der Waals surface area contributed by atoms with Crippen LogP contribution >= 0.6 is 22.7 Å². The molecule has 0 aliphatic heterocycles. The van der Waals surface area contributed by atoms with Gasteiger partial charge in [-0.2, -0.15) is 9.59 Å². The van der Waals surface area contributed by atoms with Gasteiger partial charge in [0.1, 0.15) is 22.1 Å². The lowest BCUT2D eigenvalue weighted by Crippen LogP contribution is -2.25. The van der Waals surface area contributed by atoms with Crippen LogP contribution in [0, 0.1) is 0 Å². The summed E-state index contributed by atoms with van der Waals surface area (Å²) < 4.78 is 5.08. The third kappa shape index (κ3) is 8.28. The smallest absolute Gasteiger partial charge is 0.122 e. The summed E-state index contributed by atoms with van der Waals surface area (Å²) in [5.74, 6) is 0. The molecular formula is C71H58N8S2. The monoisotopic (exact) mass is 1090 g/mol. The van der Waals surface area contributed by atoms with Crippen molar-refractivity contribution in [1.82, 2.24) is 40.0 Å². The molecular weight excluding hydrogens is 1030 g/mol. The van der Waals surface area contributed by atoms with Gasteiger partial charge in [0.15, 0.2) is 0 Å². The summed E-state index contributed by atoms with van der Waals surface area (Å²) in [4.78, 5) is 12.3. The molecule has 6 heterocycles. The molecule has 8 nitrogen and oxygen atoms in total. The number of benzene rings is 8. The van der Waals surface area contributed by atoms with Crippen molar-refractivity contribution in [2.24, 2.45) is 0 Å². The van der Waals surface area contributed by atoms with Crippen molar-refractivity contribution in [3.8, 4) is 67.0 Å². The van der Waals surface area contributed by atoms with Crippen LogP contribution in [0.25, 0.3) is 129 Å². The summed E-state index contributed by atoms with van der Waals surface area (Å²) in [6.07, 6.45) is 18.9. The Kier molecular flexibility index (Phi) is 12.5. The van der Waals surface area contributed by atoms with Crippen molar-refractivity contribution >= 4 is 85.1 Å². The fraction of sp³-hybridized carbons (Fsp3) is 0.183. The van der Waals surface area contributed by atoms with Gasteiger partial charge in [0.05, 0.1) is 11.4 Å². The van der Waals surface area contributed by atoms with E-state index in [1.807, 2.05) is 71.7 Å². The van der Waals surface area contributed by atoms with Gasteiger partial charge < -0.3 is 0 Å². The van der Waals surface area contributed by atoms with E-state index in [0.717, 1.165) is 92.5 Å². The molecule has 10 heteroatoms. The molecule has 0 saturated carbocycles. The first-order valence-corrected chi connectivity index (χ1v) is 30.4. The van der Waals surface area contributed by atoms with Gasteiger partial charge in [0.2, 0.25) is 0 Å². The second-order valence-corrected chi connectivity index (χ2v) is 24.0. The minimum absolute atomic E-state index is 0.215. The normalized spacial score (nSPS) is 12.9. The number of hydrogen-bond acceptors (Lipinski definition) is 8. The Hall–Kier alpha value is -8.70. The number of unbranched alkanes of at least 4 members (excludes halogenated alkanes) is 6. The van der Waals surface area contributed by atoms with Crippen LogP contribution in [0.3, 0.4) is 0 Å². The molecule has 8 aromatic carbocycles. The number of thiophene rings is 2. The standard InChI is InChI=1S/C71H58N8S2/c1-3-5-7-13-37-71(38-14-8-6-4-2)61-43-45(49-29-31-55(67-65(49)74-78(76-67)47-33-39-72-40-34-47)59-21-15-19-57-53-17-9-11-23-63(53)80-69(57)59)25-27-51(61)52-28-26-46(44-62(52)71)50-30-32-56(68-66(50)75-79(77-68)48-35-41-73-42-36-48)60-22-16-20-58-54-18-10-12-24-64(54)81-70(58)60/h9-12,15-36,39-44H,3-8,13-14,37-38H2,1-2H3. The second kappa shape index (κ2) is 20.4. The van der Waals surface area contributed by atoms with Gasteiger partial charge in [0.25, 0.3) is 0 Å². The average molecular weight is 1090 g/mol. The van der Waals surface area contributed by atoms with Gasteiger partial charge in [-0.1, -0.05) is 187 Å². The maximum atomic E-state index is 5.38. The molecule has 0 atom stereocenters. The van der Waals surface area contributed by atoms with E-state index in [0.29, 0.717) is 0 Å². The van der Waals surface area contributed by atoms with Gasteiger partial charge >= 0.3 is 0 Å². The predicted molar refractivity (Wildman–Crippen MR) is 338 cm³/mol. The minimum Gasteiger partial charge on any atom is -0.265 e. The first-order valence-electron chi connectivity index (χ1n) is 28.8. The van der Waals surface area contributed by atoms with Crippen molar-refractivity contribution in [1.29, 1.82) is 0 Å². The molecule has 0 saturated heterocycles. The van der Waals surface area contributed by atoms with E-state index in [2.05, 4.69) is 169 Å². The van der Waals surface area contributed by atoms with Crippen LogP contribution < -0.4 is 0 Å². The molecule has 14 aromatic rings. The van der Waals surface area contributed by atoms with E-state index in [1.165, 1.54) is 112 Å². The predicted octanol–water partition coefficient (Wildman–Crippen LogP) is 19.6. The zero-order valence-electron chi connectivity index (χ0n) is 45.4. The van der Waals surface area contributed by atoms with E-state index < -0.39 is 0 Å². The molecule has 0 unspecified atom stereocenters. The summed E-state index contributed by atoms with van der Waals surface area (Å²) in [5.41, 5.74) is 19.5. The molecule has 0 fully saturated rings. The minimum atomic E-state index is -0.215. The van der Waals surface area contributed by atoms with E-state index in [-0.39, 0.29) is 5.41 Å². The lowest BCUT2D eigenvalue weighted by Gasteiger charge is -2.33. The van der Waals surface area contributed by atoms with E-state index in [1.54, 1.807) is 9.59 Å². The number of rotatable bonds is 16. The Labute approximate surface area is 478 Å². The molecule has 1 aliphatic rings. The van der Waals surface area contributed by atoms with Gasteiger partial charge in [-0.3, -0.25) is 9.97 Å². The third-order valence-corrected chi connectivity index (χ3v) is 19.6. The second-order valence-electron chi connectivity index (χ2n) is 21.9. The summed E-state index contributed by atoms with van der Waals surface area (Å²) in [5, 5.41) is 26.6. The molecule has 0 radical (unpaired) electrons. The van der Waals surface area contributed by atoms with Crippen molar-refractivity contribution in [2.75, 3.05) is 0 Å². The molecule has 0 bridgehead atoms. The highest BCUT2D eigenvalue weighted by molar-refractivity contribution is 7.26. The van der Waals surface area contributed by atoms with E-state index >= 15 is 0 Å². The van der Waals surface area contributed by atoms with Gasteiger partial charge in [-0.05, 0) is 94.8 Å². The quantitative estimate of drug-likeness (QED) is 0.0896. The highest BCUT2D eigenvalue weighted by Crippen LogP contribution is 2.57. The average Bonchev–Trinajstić information content (AvgIpc) is 4.48. The van der Waals surface area contributed by atoms with Crippen molar-refractivity contribution in [2.45, 2.75) is 83.5 Å². The Morgan fingerprint density at radius 1 is 0.358 bits per heavy atom. The fourth-order valence-corrected chi connectivity index (χ4v) is 15.7. The zero-order valence-corrected chi connectivity index (χ0v) is 47.1. The van der Waals surface area contributed by atoms with Crippen LogP contribution in [-0.4, -0.2) is 40.0 Å². The van der Waals surface area contributed by atoms with Gasteiger partial charge in [0, 0.05) is 104 Å². The molecule has 0 N–H and O–H groups in total. The number of fused-ring (bicyclic) bond motifs is 11. The van der Waals surface area contributed by atoms with Crippen LogP contribution in [0.15, 0.2) is 195 Å². The zero-order chi connectivity index (χ0) is 54.0. The first kappa shape index (κ1) is 49.4. The van der Waals surface area contributed by atoms with Crippen LogP contribution in [0.1, 0.15) is 89.2 Å². The lowest BCUT2D eigenvalue weighted by molar-refractivity contribution is 0.401. The maximum Gasteiger partial charge on any atom is 0.122 e. The third-order valence-electron chi connectivity index (χ3n) is 17.2. The molecule has 1 aliphatic carbocycles. The Bertz CT molecular complexity index is 4400. The maximum absolute atomic E-state index is 5.38. The number of nitrogens with zero attached hydrogens (tertiary/aromatic N) is 8. The largest absolute Gasteiger partial charge is 0.265 e. The van der Waals surface area contributed by atoms with Crippen molar-refractivity contribution in [3.63, 3.8) is 0 Å². The summed E-state index contributed by atoms with van der Waals surface area (Å²) in [6, 6.07) is 62.5. The van der Waals surface area contributed by atoms with Crippen LogP contribution in [0.5, 0.6) is 0 Å². The molecule has 6 aromatic heterocycles. The highest BCUT2D eigenvalue weighted by atomic mass is 32.1. The summed E-state index contributed by atoms with van der Waals surface area (Å²) >= 11 is 3.70. The van der Waals surface area contributed by atoms with Gasteiger partial charge in [-0.25, -0.2) is 0 Å². The highest BCUT2D eigenvalue weighted by Gasteiger charge is 2.43. The van der Waals surface area contributed by atoms with E-state index in [9.17, 15) is 0 Å². The van der Waals surface area contributed by atoms with Crippen LogP contribution in [0.2, 0.25) is 0 Å². The van der Waals surface area contributed by atoms with Gasteiger partial charge in [-0.15, -0.1) is 43.1 Å². The molecule has 81 heavy (non-hydrogen) atoms. The van der Waals surface area contributed by atoms with Crippen LogP contribution in [0.4, 0.5) is 0 Å². The summed E-state index contributed by atoms with van der Waals surface area (Å²) in [6.45, 7) is 4.64. The van der Waals surface area contributed by atoms with Crippen LogP contribution in [-0.2, 0) is 5.41 Å². The molecule has 15 rings (SSSR count). The molecule has 0 spiro atoms. The van der Waals surface area contributed by atoms with Crippen molar-refractivity contribution in [3.05, 3.63) is 206 Å². The fourth-order valence-electron chi connectivity index (χ4n) is 13.2. The van der Waals surface area contributed by atoms with E-state index in [4.69, 9.17) is 20.4 Å². The Balaban J connectivity index is 0.905. The Morgan fingerprint density at radius 3 is 1.20 bits per heavy atom. The topological polar surface area (TPSA) is 87.2 Å². The SMILES string of the molecule is CCCCCCC1(CCCCCC)c2cc(-c3ccc(-c4cccc5c4sc4ccccc45)c4nn(-c5ccncc5)nc34)ccc2-c2ccc(-c3ccc(-c4cccc5c4sc4ccccc45)c4nn(-c5ccncc5)nc34)cc21. The number of aromatic nitrogens is 8. The lowest BCUT2D eigenvalue weighted by atomic mass is 9.70.